The Morgan fingerprint density at radius 1 is 1.26 bits per heavy atom. The quantitative estimate of drug-likeness (QED) is 0.660. The topological polar surface area (TPSA) is 75.1 Å². The molecule has 5 nitrogen and oxygen atoms in total. The first-order chi connectivity index (χ1) is 8.95. The standard InChI is InChI=1S/C12H9Cl2N3O2/c1-6-4-7(18)2-3-8(6)11(19)16-10-5-9(13)15-12(14)17-10/h2-5,18H,1H3,(H,15,16,17,19). The van der Waals surface area contributed by atoms with Crippen LogP contribution in [0.25, 0.3) is 0 Å². The lowest BCUT2D eigenvalue weighted by atomic mass is 10.1. The van der Waals surface area contributed by atoms with Gasteiger partial charge >= 0.3 is 0 Å². The molecule has 0 unspecified atom stereocenters. The van der Waals surface area contributed by atoms with Gasteiger partial charge in [-0.25, -0.2) is 9.97 Å². The molecule has 0 saturated carbocycles. The van der Waals surface area contributed by atoms with Gasteiger partial charge in [0.25, 0.3) is 5.91 Å². The van der Waals surface area contributed by atoms with Crippen molar-refractivity contribution >= 4 is 34.9 Å². The summed E-state index contributed by atoms with van der Waals surface area (Å²) in [5.41, 5.74) is 1.06. The van der Waals surface area contributed by atoms with E-state index in [1.54, 1.807) is 6.92 Å². The monoisotopic (exact) mass is 297 g/mol. The van der Waals surface area contributed by atoms with Crippen LogP contribution >= 0.6 is 23.2 Å². The van der Waals surface area contributed by atoms with Crippen molar-refractivity contribution < 1.29 is 9.90 Å². The average Bonchev–Trinajstić information content (AvgIpc) is 2.26. The second kappa shape index (κ2) is 5.42. The number of nitrogens with zero attached hydrogens (tertiary/aromatic N) is 2. The third-order valence-corrected chi connectivity index (χ3v) is 2.73. The molecule has 0 saturated heterocycles. The summed E-state index contributed by atoms with van der Waals surface area (Å²) in [6.07, 6.45) is 0. The smallest absolute Gasteiger partial charge is 0.257 e. The number of anilines is 1. The number of rotatable bonds is 2. The van der Waals surface area contributed by atoms with Gasteiger partial charge in [-0.1, -0.05) is 11.6 Å². The molecular weight excluding hydrogens is 289 g/mol. The zero-order valence-electron chi connectivity index (χ0n) is 9.82. The molecule has 0 aliphatic heterocycles. The second-order valence-electron chi connectivity index (χ2n) is 3.80. The zero-order valence-corrected chi connectivity index (χ0v) is 11.3. The zero-order chi connectivity index (χ0) is 14.0. The Labute approximate surface area is 119 Å². The van der Waals surface area contributed by atoms with Crippen LogP contribution in [0.2, 0.25) is 10.4 Å². The van der Waals surface area contributed by atoms with E-state index in [1.807, 2.05) is 0 Å². The number of amides is 1. The van der Waals surface area contributed by atoms with Crippen LogP contribution in [0.3, 0.4) is 0 Å². The number of phenolic OH excluding ortho intramolecular Hbond substituents is 1. The Bertz CT molecular complexity index is 627. The van der Waals surface area contributed by atoms with Crippen molar-refractivity contribution in [2.24, 2.45) is 0 Å². The van der Waals surface area contributed by atoms with E-state index in [2.05, 4.69) is 15.3 Å². The minimum Gasteiger partial charge on any atom is -0.508 e. The van der Waals surface area contributed by atoms with Crippen LogP contribution in [0.4, 0.5) is 5.82 Å². The summed E-state index contributed by atoms with van der Waals surface area (Å²) in [6.45, 7) is 1.72. The molecular formula is C12H9Cl2N3O2. The summed E-state index contributed by atoms with van der Waals surface area (Å²) in [4.78, 5) is 19.5. The summed E-state index contributed by atoms with van der Waals surface area (Å²) in [6, 6.07) is 5.84. The Kier molecular flexibility index (Phi) is 3.87. The van der Waals surface area contributed by atoms with Crippen molar-refractivity contribution in [1.82, 2.24) is 9.97 Å². The molecule has 7 heteroatoms. The number of nitrogens with one attached hydrogen (secondary N) is 1. The van der Waals surface area contributed by atoms with Gasteiger partial charge in [-0.3, -0.25) is 4.79 Å². The molecule has 1 heterocycles. The lowest BCUT2D eigenvalue weighted by molar-refractivity contribution is 0.102. The number of aryl methyl sites for hydroxylation is 1. The third-order valence-electron chi connectivity index (χ3n) is 2.36. The summed E-state index contributed by atoms with van der Waals surface area (Å²) in [5, 5.41) is 11.9. The van der Waals surface area contributed by atoms with E-state index >= 15 is 0 Å². The number of hydrogen-bond acceptors (Lipinski definition) is 4. The lowest BCUT2D eigenvalue weighted by Crippen LogP contribution is -2.14. The molecule has 2 aromatic rings. The summed E-state index contributed by atoms with van der Waals surface area (Å²) >= 11 is 11.4. The van der Waals surface area contributed by atoms with Crippen molar-refractivity contribution in [3.8, 4) is 5.75 Å². The van der Waals surface area contributed by atoms with Crippen LogP contribution in [0, 0.1) is 6.92 Å². The normalized spacial score (nSPS) is 10.3. The third kappa shape index (κ3) is 3.33. The maximum Gasteiger partial charge on any atom is 0.257 e. The first kappa shape index (κ1) is 13.6. The van der Waals surface area contributed by atoms with Crippen molar-refractivity contribution in [1.29, 1.82) is 0 Å². The van der Waals surface area contributed by atoms with Crippen molar-refractivity contribution in [3.05, 3.63) is 45.8 Å². The molecule has 1 aromatic heterocycles. The molecule has 0 bridgehead atoms. The Hall–Kier alpha value is -1.85. The number of aromatic nitrogens is 2. The van der Waals surface area contributed by atoms with E-state index < -0.39 is 0 Å². The van der Waals surface area contributed by atoms with Gasteiger partial charge in [-0.05, 0) is 42.3 Å². The molecule has 0 atom stereocenters. The fraction of sp³-hybridized carbons (Fsp3) is 0.0833. The number of hydrogen-bond donors (Lipinski definition) is 2. The van der Waals surface area contributed by atoms with Crippen LogP contribution in [-0.4, -0.2) is 21.0 Å². The van der Waals surface area contributed by atoms with Gasteiger partial charge in [0.15, 0.2) is 0 Å². The van der Waals surface area contributed by atoms with E-state index in [0.717, 1.165) is 0 Å². The van der Waals surface area contributed by atoms with Crippen LogP contribution in [-0.2, 0) is 0 Å². The Balaban J connectivity index is 2.25. The van der Waals surface area contributed by atoms with Crippen molar-refractivity contribution in [2.45, 2.75) is 6.92 Å². The molecule has 0 radical (unpaired) electrons. The summed E-state index contributed by atoms with van der Waals surface area (Å²) < 4.78 is 0. The van der Waals surface area contributed by atoms with Crippen LogP contribution < -0.4 is 5.32 Å². The molecule has 0 aliphatic rings. The first-order valence-corrected chi connectivity index (χ1v) is 6.02. The van der Waals surface area contributed by atoms with Gasteiger partial charge in [0.05, 0.1) is 0 Å². The van der Waals surface area contributed by atoms with Crippen LogP contribution in [0.15, 0.2) is 24.3 Å². The molecule has 2 rings (SSSR count). The SMILES string of the molecule is Cc1cc(O)ccc1C(=O)Nc1cc(Cl)nc(Cl)n1. The van der Waals surface area contributed by atoms with Crippen LogP contribution in [0.5, 0.6) is 5.75 Å². The highest BCUT2D eigenvalue weighted by Gasteiger charge is 2.11. The van der Waals surface area contributed by atoms with E-state index in [0.29, 0.717) is 11.1 Å². The largest absolute Gasteiger partial charge is 0.508 e. The molecule has 0 aliphatic carbocycles. The van der Waals surface area contributed by atoms with Crippen LogP contribution in [0.1, 0.15) is 15.9 Å². The number of carbonyl (C=O) groups excluding carboxylic acids is 1. The Morgan fingerprint density at radius 2 is 2.00 bits per heavy atom. The van der Waals surface area contributed by atoms with Gasteiger partial charge in [0.2, 0.25) is 5.28 Å². The molecule has 1 aromatic carbocycles. The maximum absolute atomic E-state index is 12.0. The highest BCUT2D eigenvalue weighted by Crippen LogP contribution is 2.18. The molecule has 19 heavy (non-hydrogen) atoms. The molecule has 0 spiro atoms. The fourth-order valence-corrected chi connectivity index (χ4v) is 1.95. The number of carbonyl (C=O) groups is 1. The number of phenols is 1. The maximum atomic E-state index is 12.0. The van der Waals surface area contributed by atoms with Gasteiger partial charge < -0.3 is 10.4 Å². The first-order valence-electron chi connectivity index (χ1n) is 5.27. The van der Waals surface area contributed by atoms with Crippen molar-refractivity contribution in [2.75, 3.05) is 5.32 Å². The molecule has 2 N–H and O–H groups in total. The summed E-state index contributed by atoms with van der Waals surface area (Å²) in [7, 11) is 0. The Morgan fingerprint density at radius 3 is 2.63 bits per heavy atom. The molecule has 98 valence electrons. The number of halogens is 2. The summed E-state index contributed by atoms with van der Waals surface area (Å²) in [5.74, 6) is -0.0621. The van der Waals surface area contributed by atoms with Crippen molar-refractivity contribution in [3.63, 3.8) is 0 Å². The van der Waals surface area contributed by atoms with E-state index in [-0.39, 0.29) is 27.9 Å². The average molecular weight is 298 g/mol. The second-order valence-corrected chi connectivity index (χ2v) is 4.52. The lowest BCUT2D eigenvalue weighted by Gasteiger charge is -2.07. The highest BCUT2D eigenvalue weighted by atomic mass is 35.5. The molecule has 1 amide bonds. The van der Waals surface area contributed by atoms with Gasteiger partial charge in [-0.15, -0.1) is 0 Å². The fourth-order valence-electron chi connectivity index (χ4n) is 1.54. The van der Waals surface area contributed by atoms with E-state index in [1.165, 1.54) is 24.3 Å². The van der Waals surface area contributed by atoms with E-state index in [4.69, 9.17) is 23.2 Å². The highest BCUT2D eigenvalue weighted by molar-refractivity contribution is 6.32. The number of aromatic hydroxyl groups is 1. The van der Waals surface area contributed by atoms with Gasteiger partial charge in [0.1, 0.15) is 16.7 Å². The minimum atomic E-state index is -0.372. The predicted octanol–water partition coefficient (Wildman–Crippen LogP) is 3.05. The molecule has 0 fully saturated rings. The predicted molar refractivity (Wildman–Crippen MR) is 72.8 cm³/mol. The minimum absolute atomic E-state index is 0.0507. The van der Waals surface area contributed by atoms with Gasteiger partial charge in [-0.2, -0.15) is 0 Å². The number of benzene rings is 1. The van der Waals surface area contributed by atoms with E-state index in [9.17, 15) is 9.90 Å². The van der Waals surface area contributed by atoms with Gasteiger partial charge in [0, 0.05) is 11.6 Å².